The zero-order valence-corrected chi connectivity index (χ0v) is 12.1. The Morgan fingerprint density at radius 3 is 2.67 bits per heavy atom. The maximum Gasteiger partial charge on any atom is 0.126 e. The molecule has 3 rings (SSSR count). The van der Waals surface area contributed by atoms with E-state index in [0.717, 1.165) is 37.3 Å². The number of rotatable bonds is 3. The number of nitrogens with zero attached hydrogens (tertiary/aromatic N) is 2. The van der Waals surface area contributed by atoms with E-state index in [4.69, 9.17) is 5.73 Å². The average molecular weight is 291 g/mol. The molecule has 0 saturated carbocycles. The fraction of sp³-hybridized carbons (Fsp3) is 0.438. The Kier molecular flexibility index (Phi) is 3.76. The molecule has 2 N–H and O–H groups in total. The number of fused-ring (bicyclic) bond motifs is 1. The maximum atomic E-state index is 13.5. The van der Waals surface area contributed by atoms with Crippen molar-refractivity contribution in [3.05, 3.63) is 41.1 Å². The zero-order chi connectivity index (χ0) is 15.0. The Labute approximate surface area is 122 Å². The second-order valence-electron chi connectivity index (χ2n) is 5.66. The molecule has 1 atom stereocenters. The lowest BCUT2D eigenvalue weighted by Crippen LogP contribution is -2.15. The highest BCUT2D eigenvalue weighted by atomic mass is 19.1. The minimum Gasteiger partial charge on any atom is -0.330 e. The van der Waals surface area contributed by atoms with Crippen molar-refractivity contribution in [1.82, 2.24) is 9.78 Å². The lowest BCUT2D eigenvalue weighted by atomic mass is 9.82. The molecule has 0 amide bonds. The van der Waals surface area contributed by atoms with Crippen molar-refractivity contribution in [1.29, 1.82) is 0 Å². The summed E-state index contributed by atoms with van der Waals surface area (Å²) in [5, 5.41) is 4.52. The van der Waals surface area contributed by atoms with Crippen LogP contribution < -0.4 is 5.73 Å². The normalized spacial score (nSPS) is 17.8. The van der Waals surface area contributed by atoms with Gasteiger partial charge in [-0.15, -0.1) is 0 Å². The summed E-state index contributed by atoms with van der Waals surface area (Å²) in [7, 11) is 1.89. The smallest absolute Gasteiger partial charge is 0.126 e. The van der Waals surface area contributed by atoms with Crippen molar-refractivity contribution in [2.45, 2.75) is 31.6 Å². The molecule has 0 aliphatic heterocycles. The molecule has 0 fully saturated rings. The molecule has 1 aromatic carbocycles. The van der Waals surface area contributed by atoms with Gasteiger partial charge in [0, 0.05) is 29.9 Å². The first-order valence-corrected chi connectivity index (χ1v) is 7.32. The molecule has 1 aliphatic rings. The molecule has 0 radical (unpaired) electrons. The zero-order valence-electron chi connectivity index (χ0n) is 12.1. The van der Waals surface area contributed by atoms with Gasteiger partial charge in [0.15, 0.2) is 0 Å². The molecule has 5 heteroatoms. The third-order valence-corrected chi connectivity index (χ3v) is 4.23. The number of halogens is 2. The Bertz CT molecular complexity index is 644. The van der Waals surface area contributed by atoms with Gasteiger partial charge >= 0.3 is 0 Å². The molecule has 2 aromatic rings. The Balaban J connectivity index is 2.15. The summed E-state index contributed by atoms with van der Waals surface area (Å²) < 4.78 is 28.8. The van der Waals surface area contributed by atoms with E-state index in [2.05, 4.69) is 5.10 Å². The molecule has 1 aromatic heterocycles. The van der Waals surface area contributed by atoms with Gasteiger partial charge in [0.25, 0.3) is 0 Å². The fourth-order valence-corrected chi connectivity index (χ4v) is 3.35. The van der Waals surface area contributed by atoms with Gasteiger partial charge in [-0.2, -0.15) is 5.10 Å². The average Bonchev–Trinajstić information content (AvgIpc) is 2.77. The van der Waals surface area contributed by atoms with E-state index in [1.54, 1.807) is 0 Å². The van der Waals surface area contributed by atoms with Crippen LogP contribution in [0.15, 0.2) is 18.2 Å². The quantitative estimate of drug-likeness (QED) is 0.944. The van der Waals surface area contributed by atoms with Crippen molar-refractivity contribution < 1.29 is 8.78 Å². The fourth-order valence-electron chi connectivity index (χ4n) is 3.35. The number of hydrogen-bond acceptors (Lipinski definition) is 2. The van der Waals surface area contributed by atoms with Crippen LogP contribution in [0.25, 0.3) is 11.3 Å². The SMILES string of the molecule is Cn1nc(-c2cc(F)cc(F)c2)c2c1CCCC2CCN. The van der Waals surface area contributed by atoms with Crippen molar-refractivity contribution in [3.8, 4) is 11.3 Å². The predicted octanol–water partition coefficient (Wildman–Crippen LogP) is 3.13. The van der Waals surface area contributed by atoms with Crippen molar-refractivity contribution in [2.24, 2.45) is 12.8 Å². The number of hydrogen-bond donors (Lipinski definition) is 1. The molecule has 21 heavy (non-hydrogen) atoms. The molecule has 1 heterocycles. The number of benzene rings is 1. The summed E-state index contributed by atoms with van der Waals surface area (Å²) in [5.41, 5.74) is 9.21. The summed E-state index contributed by atoms with van der Waals surface area (Å²) >= 11 is 0. The van der Waals surface area contributed by atoms with Crippen LogP contribution >= 0.6 is 0 Å². The first kappa shape index (κ1) is 14.2. The van der Waals surface area contributed by atoms with Gasteiger partial charge in [-0.05, 0) is 50.3 Å². The minimum absolute atomic E-state index is 0.328. The van der Waals surface area contributed by atoms with E-state index in [9.17, 15) is 8.78 Å². The largest absolute Gasteiger partial charge is 0.330 e. The standard InChI is InChI=1S/C16H19F2N3/c1-21-14-4-2-3-10(5-6-19)15(14)16(20-21)11-7-12(17)9-13(18)8-11/h7-10H,2-6,19H2,1H3. The second kappa shape index (κ2) is 5.56. The van der Waals surface area contributed by atoms with Crippen LogP contribution in [-0.2, 0) is 13.5 Å². The molecule has 3 nitrogen and oxygen atoms in total. The van der Waals surface area contributed by atoms with Gasteiger partial charge in [0.05, 0.1) is 5.69 Å². The molecule has 0 bridgehead atoms. The predicted molar refractivity (Wildman–Crippen MR) is 77.9 cm³/mol. The number of nitrogens with two attached hydrogens (primary N) is 1. The van der Waals surface area contributed by atoms with Gasteiger partial charge in [-0.3, -0.25) is 4.68 Å². The highest BCUT2D eigenvalue weighted by molar-refractivity contribution is 5.65. The van der Waals surface area contributed by atoms with Crippen molar-refractivity contribution in [3.63, 3.8) is 0 Å². The molecule has 0 saturated heterocycles. The minimum atomic E-state index is -0.574. The Morgan fingerprint density at radius 2 is 2.00 bits per heavy atom. The van der Waals surface area contributed by atoms with Crippen LogP contribution in [0.4, 0.5) is 8.78 Å². The monoisotopic (exact) mass is 291 g/mol. The Hall–Kier alpha value is -1.75. The van der Waals surface area contributed by atoms with Crippen molar-refractivity contribution in [2.75, 3.05) is 6.54 Å². The van der Waals surface area contributed by atoms with Crippen molar-refractivity contribution >= 4 is 0 Å². The highest BCUT2D eigenvalue weighted by Crippen LogP contribution is 2.40. The van der Waals surface area contributed by atoms with Crippen LogP contribution in [0.1, 0.15) is 36.4 Å². The summed E-state index contributed by atoms with van der Waals surface area (Å²) in [5.74, 6) is -0.819. The molecule has 1 aliphatic carbocycles. The third-order valence-electron chi connectivity index (χ3n) is 4.23. The molecular weight excluding hydrogens is 272 g/mol. The van der Waals surface area contributed by atoms with Gasteiger partial charge in [-0.1, -0.05) is 0 Å². The van der Waals surface area contributed by atoms with Crippen LogP contribution in [0, 0.1) is 11.6 Å². The summed E-state index contributed by atoms with van der Waals surface area (Å²) in [6.07, 6.45) is 4.00. The number of aromatic nitrogens is 2. The van der Waals surface area contributed by atoms with E-state index in [1.165, 1.54) is 17.8 Å². The molecule has 1 unspecified atom stereocenters. The highest BCUT2D eigenvalue weighted by Gasteiger charge is 2.28. The molecular formula is C16H19F2N3. The van der Waals surface area contributed by atoms with E-state index < -0.39 is 11.6 Å². The van der Waals surface area contributed by atoms with Crippen LogP contribution in [-0.4, -0.2) is 16.3 Å². The van der Waals surface area contributed by atoms with Gasteiger partial charge in [0.1, 0.15) is 11.6 Å². The summed E-state index contributed by atoms with van der Waals surface area (Å²) in [6, 6.07) is 3.58. The third kappa shape index (κ3) is 2.58. The van der Waals surface area contributed by atoms with E-state index >= 15 is 0 Å². The van der Waals surface area contributed by atoms with E-state index in [-0.39, 0.29) is 0 Å². The maximum absolute atomic E-state index is 13.5. The Morgan fingerprint density at radius 1 is 1.29 bits per heavy atom. The topological polar surface area (TPSA) is 43.8 Å². The lowest BCUT2D eigenvalue weighted by molar-refractivity contribution is 0.512. The second-order valence-corrected chi connectivity index (χ2v) is 5.66. The molecule has 112 valence electrons. The summed E-state index contributed by atoms with van der Waals surface area (Å²) in [6.45, 7) is 0.607. The molecule has 0 spiro atoms. The first-order chi connectivity index (χ1) is 10.1. The van der Waals surface area contributed by atoms with Crippen LogP contribution in [0.3, 0.4) is 0 Å². The van der Waals surface area contributed by atoms with E-state index in [0.29, 0.717) is 23.7 Å². The van der Waals surface area contributed by atoms with Gasteiger partial charge in [-0.25, -0.2) is 8.78 Å². The number of aryl methyl sites for hydroxylation is 1. The summed E-state index contributed by atoms with van der Waals surface area (Å²) in [4.78, 5) is 0. The van der Waals surface area contributed by atoms with E-state index in [1.807, 2.05) is 11.7 Å². The van der Waals surface area contributed by atoms with Gasteiger partial charge < -0.3 is 5.73 Å². The van der Waals surface area contributed by atoms with Gasteiger partial charge in [0.2, 0.25) is 0 Å². The van der Waals surface area contributed by atoms with Crippen LogP contribution in [0.2, 0.25) is 0 Å². The lowest BCUT2D eigenvalue weighted by Gasteiger charge is -2.23. The van der Waals surface area contributed by atoms with Crippen LogP contribution in [0.5, 0.6) is 0 Å². The first-order valence-electron chi connectivity index (χ1n) is 7.32.